The first-order valence-corrected chi connectivity index (χ1v) is 9.03. The molecular formula is C19H16ClN3O4. The second kappa shape index (κ2) is 5.68. The molecule has 2 bridgehead atoms. The van der Waals surface area contributed by atoms with E-state index >= 15 is 0 Å². The zero-order valence-corrected chi connectivity index (χ0v) is 15.1. The summed E-state index contributed by atoms with van der Waals surface area (Å²) in [6, 6.07) is 8.61. The third-order valence-corrected chi connectivity index (χ3v) is 5.62. The predicted molar refractivity (Wildman–Crippen MR) is 97.4 cm³/mol. The molecule has 8 heteroatoms. The highest BCUT2D eigenvalue weighted by Crippen LogP contribution is 2.52. The third-order valence-electron chi connectivity index (χ3n) is 5.39. The van der Waals surface area contributed by atoms with Crippen LogP contribution in [0.15, 0.2) is 47.0 Å². The molecule has 0 saturated carbocycles. The molecule has 0 aliphatic carbocycles. The van der Waals surface area contributed by atoms with Crippen molar-refractivity contribution in [2.45, 2.75) is 18.6 Å². The first-order chi connectivity index (χ1) is 13.0. The Morgan fingerprint density at radius 2 is 2.26 bits per heavy atom. The SMILES string of the molecule is Cc1cc(N2C[C@]34C=C[C@@H](O3)[C@@H](C(=O)Nc3cccc(Cl)c3)[C@@H]4C2=O)no1. The summed E-state index contributed by atoms with van der Waals surface area (Å²) in [6.07, 6.45) is 3.35. The van der Waals surface area contributed by atoms with Crippen molar-refractivity contribution in [3.05, 3.63) is 53.3 Å². The maximum atomic E-state index is 13.1. The van der Waals surface area contributed by atoms with Gasteiger partial charge in [-0.2, -0.15) is 0 Å². The molecular weight excluding hydrogens is 370 g/mol. The topological polar surface area (TPSA) is 84.7 Å². The van der Waals surface area contributed by atoms with Gasteiger partial charge in [0, 0.05) is 16.8 Å². The molecule has 5 rings (SSSR count). The number of hydrogen-bond acceptors (Lipinski definition) is 5. The molecule has 2 amide bonds. The molecule has 1 aromatic carbocycles. The van der Waals surface area contributed by atoms with Crippen molar-refractivity contribution >= 4 is 34.9 Å². The normalized spacial score (nSPS) is 30.8. The van der Waals surface area contributed by atoms with Crippen LogP contribution in [0.4, 0.5) is 11.5 Å². The summed E-state index contributed by atoms with van der Waals surface area (Å²) in [5, 5.41) is 7.32. The van der Waals surface area contributed by atoms with Crippen molar-refractivity contribution in [3.63, 3.8) is 0 Å². The number of halogens is 1. The van der Waals surface area contributed by atoms with E-state index < -0.39 is 23.5 Å². The van der Waals surface area contributed by atoms with Crippen molar-refractivity contribution in [2.75, 3.05) is 16.8 Å². The highest BCUT2D eigenvalue weighted by Gasteiger charge is 2.67. The van der Waals surface area contributed by atoms with Crippen LogP contribution in [0.5, 0.6) is 0 Å². The van der Waals surface area contributed by atoms with Crippen molar-refractivity contribution in [3.8, 4) is 0 Å². The number of aromatic nitrogens is 1. The number of ether oxygens (including phenoxy) is 1. The number of carbonyl (C=O) groups is 2. The molecule has 1 spiro atoms. The number of nitrogens with zero attached hydrogens (tertiary/aromatic N) is 2. The Morgan fingerprint density at radius 3 is 3.00 bits per heavy atom. The standard InChI is InChI=1S/C19H16ClN3O4/c1-10-7-14(22-27-10)23-9-19-6-5-13(26-19)15(16(19)18(23)25)17(24)21-12-4-2-3-11(20)8-12/h2-8,13,15-16H,9H2,1H3,(H,21,24)/t13-,15-,16-,19+/m1/s1. The van der Waals surface area contributed by atoms with E-state index in [0.29, 0.717) is 28.8 Å². The number of nitrogens with one attached hydrogen (secondary N) is 1. The van der Waals surface area contributed by atoms with E-state index in [-0.39, 0.29) is 11.8 Å². The van der Waals surface area contributed by atoms with Crippen LogP contribution in [-0.2, 0) is 14.3 Å². The van der Waals surface area contributed by atoms with E-state index in [4.69, 9.17) is 20.9 Å². The fourth-order valence-corrected chi connectivity index (χ4v) is 4.45. The fraction of sp³-hybridized carbons (Fsp3) is 0.316. The van der Waals surface area contributed by atoms with Crippen LogP contribution in [0.2, 0.25) is 5.02 Å². The molecule has 2 aromatic rings. The number of anilines is 2. The second-order valence-electron chi connectivity index (χ2n) is 7.12. The maximum Gasteiger partial charge on any atom is 0.235 e. The molecule has 7 nitrogen and oxygen atoms in total. The molecule has 3 aliphatic heterocycles. The van der Waals surface area contributed by atoms with Crippen LogP contribution in [0.3, 0.4) is 0 Å². The molecule has 138 valence electrons. The average molecular weight is 386 g/mol. The van der Waals surface area contributed by atoms with Crippen LogP contribution in [-0.4, -0.2) is 35.2 Å². The Kier molecular flexibility index (Phi) is 3.47. The lowest BCUT2D eigenvalue weighted by Gasteiger charge is -2.23. The van der Waals surface area contributed by atoms with Crippen molar-refractivity contribution in [1.82, 2.24) is 5.16 Å². The molecule has 2 saturated heterocycles. The molecule has 0 radical (unpaired) electrons. The van der Waals surface area contributed by atoms with Crippen LogP contribution >= 0.6 is 11.6 Å². The highest BCUT2D eigenvalue weighted by molar-refractivity contribution is 6.30. The van der Waals surface area contributed by atoms with Gasteiger partial charge in [0.05, 0.1) is 24.5 Å². The van der Waals surface area contributed by atoms with Crippen LogP contribution in [0.1, 0.15) is 5.76 Å². The Bertz CT molecular complexity index is 987. The molecule has 1 aromatic heterocycles. The van der Waals surface area contributed by atoms with Crippen molar-refractivity contribution < 1.29 is 18.8 Å². The van der Waals surface area contributed by atoms with Crippen molar-refractivity contribution in [1.29, 1.82) is 0 Å². The van der Waals surface area contributed by atoms with E-state index in [1.807, 2.05) is 12.2 Å². The van der Waals surface area contributed by atoms with E-state index in [0.717, 1.165) is 0 Å². The molecule has 27 heavy (non-hydrogen) atoms. The monoisotopic (exact) mass is 385 g/mol. The van der Waals surface area contributed by atoms with Gasteiger partial charge in [0.15, 0.2) is 5.82 Å². The van der Waals surface area contributed by atoms with Gasteiger partial charge in [-0.15, -0.1) is 0 Å². The minimum Gasteiger partial charge on any atom is -0.360 e. The zero-order chi connectivity index (χ0) is 18.8. The van der Waals surface area contributed by atoms with Gasteiger partial charge in [0.2, 0.25) is 11.8 Å². The molecule has 1 N–H and O–H groups in total. The van der Waals surface area contributed by atoms with Crippen LogP contribution in [0.25, 0.3) is 0 Å². The number of hydrogen-bond donors (Lipinski definition) is 1. The minimum absolute atomic E-state index is 0.179. The smallest absolute Gasteiger partial charge is 0.235 e. The number of amides is 2. The van der Waals surface area contributed by atoms with E-state index in [9.17, 15) is 9.59 Å². The summed E-state index contributed by atoms with van der Waals surface area (Å²) in [7, 11) is 0. The molecule has 2 fully saturated rings. The molecule has 4 atom stereocenters. The zero-order valence-electron chi connectivity index (χ0n) is 14.4. The van der Waals surface area contributed by atoms with Gasteiger partial charge in [-0.05, 0) is 25.1 Å². The van der Waals surface area contributed by atoms with E-state index in [1.165, 1.54) is 4.90 Å². The fourth-order valence-electron chi connectivity index (χ4n) is 4.26. The number of rotatable bonds is 3. The minimum atomic E-state index is -0.801. The van der Waals surface area contributed by atoms with Gasteiger partial charge >= 0.3 is 0 Å². The first-order valence-electron chi connectivity index (χ1n) is 8.65. The summed E-state index contributed by atoms with van der Waals surface area (Å²) < 4.78 is 11.2. The summed E-state index contributed by atoms with van der Waals surface area (Å²) in [4.78, 5) is 27.6. The Labute approximate surface area is 159 Å². The molecule has 3 aliphatic rings. The number of benzene rings is 1. The molecule has 4 heterocycles. The van der Waals surface area contributed by atoms with Gasteiger partial charge < -0.3 is 14.6 Å². The van der Waals surface area contributed by atoms with Gasteiger partial charge in [-0.3, -0.25) is 14.5 Å². The maximum absolute atomic E-state index is 13.1. The summed E-state index contributed by atoms with van der Waals surface area (Å²) in [6.45, 7) is 2.08. The quantitative estimate of drug-likeness (QED) is 0.821. The number of fused-ring (bicyclic) bond motifs is 1. The Morgan fingerprint density at radius 1 is 1.41 bits per heavy atom. The van der Waals surface area contributed by atoms with Gasteiger partial charge in [-0.1, -0.05) is 35.0 Å². The van der Waals surface area contributed by atoms with E-state index in [2.05, 4.69) is 10.5 Å². The van der Waals surface area contributed by atoms with Crippen molar-refractivity contribution in [2.24, 2.45) is 11.8 Å². The lowest BCUT2D eigenvalue weighted by atomic mass is 9.77. The summed E-state index contributed by atoms with van der Waals surface area (Å²) in [5.41, 5.74) is -0.215. The largest absolute Gasteiger partial charge is 0.360 e. The third kappa shape index (κ3) is 2.42. The van der Waals surface area contributed by atoms with Crippen LogP contribution in [0, 0.1) is 18.8 Å². The molecule has 0 unspecified atom stereocenters. The first kappa shape index (κ1) is 16.5. The van der Waals surface area contributed by atoms with Gasteiger partial charge in [0.25, 0.3) is 0 Å². The Hall–Kier alpha value is -2.64. The summed E-state index contributed by atoms with van der Waals surface area (Å²) >= 11 is 5.99. The summed E-state index contributed by atoms with van der Waals surface area (Å²) in [5.74, 6) is -0.589. The number of aryl methyl sites for hydroxylation is 1. The lowest BCUT2D eigenvalue weighted by molar-refractivity contribution is -0.128. The average Bonchev–Trinajstić information content (AvgIpc) is 3.36. The Balaban J connectivity index is 1.44. The lowest BCUT2D eigenvalue weighted by Crippen LogP contribution is -2.41. The number of carbonyl (C=O) groups excluding carboxylic acids is 2. The van der Waals surface area contributed by atoms with Crippen LogP contribution < -0.4 is 10.2 Å². The van der Waals surface area contributed by atoms with E-state index in [1.54, 1.807) is 37.3 Å². The predicted octanol–water partition coefficient (Wildman–Crippen LogP) is 2.56. The van der Waals surface area contributed by atoms with Gasteiger partial charge in [0.1, 0.15) is 11.4 Å². The van der Waals surface area contributed by atoms with Gasteiger partial charge in [-0.25, -0.2) is 0 Å². The highest BCUT2D eigenvalue weighted by atomic mass is 35.5. The second-order valence-corrected chi connectivity index (χ2v) is 7.56.